The Morgan fingerprint density at radius 3 is 2.32 bits per heavy atom. The highest BCUT2D eigenvalue weighted by Crippen LogP contribution is 2.40. The first-order valence-electron chi connectivity index (χ1n) is 7.80. The van der Waals surface area contributed by atoms with Gasteiger partial charge in [-0.1, -0.05) is 58.4 Å². The lowest BCUT2D eigenvalue weighted by Crippen LogP contribution is -2.37. The monoisotopic (exact) mass is 404 g/mol. The SMILES string of the molecule is COC(=O)[C@@H]1N[C@H](c2ccccc2)[C@@H]([N+](=O)[O-])[C@@H]1c1ccc(Br)cc1. The number of nitrogens with zero attached hydrogens (tertiary/aromatic N) is 1. The van der Waals surface area contributed by atoms with Crippen molar-refractivity contribution >= 4 is 21.9 Å². The van der Waals surface area contributed by atoms with Crippen LogP contribution in [0.1, 0.15) is 23.1 Å². The standard InChI is InChI=1S/C18H17BrN2O4/c1-25-18(22)16-14(11-7-9-13(19)10-8-11)17(21(23)24)15(20-16)12-5-3-2-4-6-12/h2-10,14-17,20H,1H3/t14-,15-,16-,17+/m1/s1. The van der Waals surface area contributed by atoms with Crippen molar-refractivity contribution in [1.29, 1.82) is 0 Å². The Bertz CT molecular complexity index is 766. The fourth-order valence-corrected chi connectivity index (χ4v) is 3.69. The highest BCUT2D eigenvalue weighted by atomic mass is 79.9. The minimum Gasteiger partial charge on any atom is -0.468 e. The van der Waals surface area contributed by atoms with Crippen molar-refractivity contribution in [3.8, 4) is 0 Å². The number of halogens is 1. The lowest BCUT2D eigenvalue weighted by atomic mass is 9.85. The van der Waals surface area contributed by atoms with Gasteiger partial charge in [-0.15, -0.1) is 0 Å². The van der Waals surface area contributed by atoms with E-state index in [1.165, 1.54) is 7.11 Å². The molecule has 1 saturated heterocycles. The van der Waals surface area contributed by atoms with Crippen LogP contribution in [-0.2, 0) is 9.53 Å². The summed E-state index contributed by atoms with van der Waals surface area (Å²) in [6, 6.07) is 14.1. The number of rotatable bonds is 4. The van der Waals surface area contributed by atoms with Crippen molar-refractivity contribution in [3.63, 3.8) is 0 Å². The molecule has 7 heteroatoms. The topological polar surface area (TPSA) is 81.5 Å². The number of ether oxygens (including phenoxy) is 1. The summed E-state index contributed by atoms with van der Waals surface area (Å²) in [4.78, 5) is 23.9. The maximum atomic E-state index is 12.3. The molecule has 1 fully saturated rings. The highest BCUT2D eigenvalue weighted by molar-refractivity contribution is 9.10. The van der Waals surface area contributed by atoms with Gasteiger partial charge in [-0.3, -0.25) is 20.2 Å². The van der Waals surface area contributed by atoms with E-state index in [0.717, 1.165) is 15.6 Å². The molecule has 0 aromatic heterocycles. The van der Waals surface area contributed by atoms with E-state index in [0.29, 0.717) is 0 Å². The number of benzene rings is 2. The number of carbonyl (C=O) groups is 1. The summed E-state index contributed by atoms with van der Waals surface area (Å²) in [5.74, 6) is -1.13. The van der Waals surface area contributed by atoms with E-state index in [1.807, 2.05) is 42.5 Å². The fraction of sp³-hybridized carbons (Fsp3) is 0.278. The third kappa shape index (κ3) is 3.43. The predicted octanol–water partition coefficient (Wildman–Crippen LogP) is 3.06. The summed E-state index contributed by atoms with van der Waals surface area (Å²) in [6.07, 6.45) is 0. The smallest absolute Gasteiger partial charge is 0.323 e. The molecule has 6 nitrogen and oxygen atoms in total. The largest absolute Gasteiger partial charge is 0.468 e. The molecular weight excluding hydrogens is 388 g/mol. The van der Waals surface area contributed by atoms with Crippen molar-refractivity contribution in [2.24, 2.45) is 0 Å². The number of esters is 1. The van der Waals surface area contributed by atoms with Gasteiger partial charge in [-0.05, 0) is 23.3 Å². The van der Waals surface area contributed by atoms with E-state index in [9.17, 15) is 14.9 Å². The van der Waals surface area contributed by atoms with Gasteiger partial charge in [-0.2, -0.15) is 0 Å². The van der Waals surface area contributed by atoms with Gasteiger partial charge in [0.15, 0.2) is 0 Å². The molecular formula is C18H17BrN2O4. The van der Waals surface area contributed by atoms with Crippen LogP contribution in [0.2, 0.25) is 0 Å². The van der Waals surface area contributed by atoms with E-state index >= 15 is 0 Å². The molecule has 0 spiro atoms. The maximum absolute atomic E-state index is 12.3. The lowest BCUT2D eigenvalue weighted by molar-refractivity contribution is -0.527. The average molecular weight is 405 g/mol. The minimum atomic E-state index is -0.979. The molecule has 1 heterocycles. The molecule has 0 saturated carbocycles. The summed E-state index contributed by atoms with van der Waals surface area (Å²) in [5, 5.41) is 15.0. The van der Waals surface area contributed by atoms with E-state index in [4.69, 9.17) is 4.74 Å². The molecule has 0 unspecified atom stereocenters. The van der Waals surface area contributed by atoms with Crippen LogP contribution < -0.4 is 5.32 Å². The number of methoxy groups -OCH3 is 1. The minimum absolute atomic E-state index is 0.305. The van der Waals surface area contributed by atoms with Crippen LogP contribution in [0.3, 0.4) is 0 Å². The molecule has 0 bridgehead atoms. The highest BCUT2D eigenvalue weighted by Gasteiger charge is 2.54. The van der Waals surface area contributed by atoms with Gasteiger partial charge in [0, 0.05) is 9.40 Å². The quantitative estimate of drug-likeness (QED) is 0.481. The van der Waals surface area contributed by atoms with Gasteiger partial charge < -0.3 is 4.74 Å². The first kappa shape index (κ1) is 17.6. The van der Waals surface area contributed by atoms with E-state index < -0.39 is 30.0 Å². The first-order valence-corrected chi connectivity index (χ1v) is 8.60. The predicted molar refractivity (Wildman–Crippen MR) is 95.8 cm³/mol. The van der Waals surface area contributed by atoms with Crippen molar-refractivity contribution in [2.75, 3.05) is 7.11 Å². The second kappa shape index (κ2) is 7.33. The first-order chi connectivity index (χ1) is 12.0. The molecule has 130 valence electrons. The van der Waals surface area contributed by atoms with Crippen LogP contribution in [0.4, 0.5) is 0 Å². The van der Waals surface area contributed by atoms with Crippen LogP contribution in [-0.4, -0.2) is 30.1 Å². The average Bonchev–Trinajstić information content (AvgIpc) is 3.03. The molecule has 1 aliphatic heterocycles. The number of hydrogen-bond acceptors (Lipinski definition) is 5. The Labute approximate surface area is 153 Å². The Morgan fingerprint density at radius 2 is 1.76 bits per heavy atom. The Morgan fingerprint density at radius 1 is 1.12 bits per heavy atom. The molecule has 1 N–H and O–H groups in total. The van der Waals surface area contributed by atoms with Crippen LogP contribution in [0.5, 0.6) is 0 Å². The Hall–Kier alpha value is -2.25. The van der Waals surface area contributed by atoms with E-state index in [-0.39, 0.29) is 4.92 Å². The molecule has 1 aliphatic rings. The number of nitro groups is 1. The molecule has 2 aromatic carbocycles. The molecule has 0 aliphatic carbocycles. The van der Waals surface area contributed by atoms with Gasteiger partial charge in [0.2, 0.25) is 6.04 Å². The van der Waals surface area contributed by atoms with Crippen molar-refractivity contribution in [2.45, 2.75) is 24.0 Å². The zero-order chi connectivity index (χ0) is 18.0. The van der Waals surface area contributed by atoms with Crippen LogP contribution in [0, 0.1) is 10.1 Å². The Kier molecular flexibility index (Phi) is 5.15. The van der Waals surface area contributed by atoms with Crippen LogP contribution in [0.15, 0.2) is 59.1 Å². The number of hydrogen-bond donors (Lipinski definition) is 1. The van der Waals surface area contributed by atoms with Gasteiger partial charge in [0.25, 0.3) is 0 Å². The van der Waals surface area contributed by atoms with Gasteiger partial charge in [0.05, 0.1) is 13.0 Å². The summed E-state index contributed by atoms with van der Waals surface area (Å²) in [7, 11) is 1.29. The fourth-order valence-electron chi connectivity index (χ4n) is 3.42. The van der Waals surface area contributed by atoms with Crippen molar-refractivity contribution < 1.29 is 14.5 Å². The lowest BCUT2D eigenvalue weighted by Gasteiger charge is -2.19. The zero-order valence-corrected chi connectivity index (χ0v) is 15.0. The summed E-state index contributed by atoms with van der Waals surface area (Å²) >= 11 is 3.36. The van der Waals surface area contributed by atoms with Gasteiger partial charge in [-0.25, -0.2) is 0 Å². The van der Waals surface area contributed by atoms with Crippen molar-refractivity contribution in [3.05, 3.63) is 80.3 Å². The molecule has 4 atom stereocenters. The molecule has 0 amide bonds. The number of nitrogens with one attached hydrogen (secondary N) is 1. The molecule has 25 heavy (non-hydrogen) atoms. The number of carbonyl (C=O) groups excluding carboxylic acids is 1. The van der Waals surface area contributed by atoms with Gasteiger partial charge in [0.1, 0.15) is 12.1 Å². The van der Waals surface area contributed by atoms with Crippen molar-refractivity contribution in [1.82, 2.24) is 5.32 Å². The maximum Gasteiger partial charge on any atom is 0.323 e. The third-order valence-corrected chi connectivity index (χ3v) is 5.07. The molecule has 3 rings (SSSR count). The summed E-state index contributed by atoms with van der Waals surface area (Å²) < 4.78 is 5.76. The van der Waals surface area contributed by atoms with Crippen LogP contribution in [0.25, 0.3) is 0 Å². The zero-order valence-electron chi connectivity index (χ0n) is 13.5. The van der Waals surface area contributed by atoms with Gasteiger partial charge >= 0.3 is 5.97 Å². The van der Waals surface area contributed by atoms with E-state index in [2.05, 4.69) is 21.2 Å². The molecule has 2 aromatic rings. The Balaban J connectivity index is 2.08. The van der Waals surface area contributed by atoms with Crippen LogP contribution >= 0.6 is 15.9 Å². The second-order valence-corrected chi connectivity index (χ2v) is 6.82. The second-order valence-electron chi connectivity index (χ2n) is 5.91. The van der Waals surface area contributed by atoms with E-state index in [1.54, 1.807) is 12.1 Å². The summed E-state index contributed by atoms with van der Waals surface area (Å²) in [5.41, 5.74) is 1.50. The molecule has 0 radical (unpaired) electrons. The summed E-state index contributed by atoms with van der Waals surface area (Å²) in [6.45, 7) is 0. The normalized spacial score (nSPS) is 25.5. The third-order valence-electron chi connectivity index (χ3n) is 4.54.